The summed E-state index contributed by atoms with van der Waals surface area (Å²) in [5.74, 6) is 1.10. The largest absolute Gasteiger partial charge is 0.355 e. The highest BCUT2D eigenvalue weighted by atomic mass is 35.5. The number of pyridine rings is 1. The van der Waals surface area contributed by atoms with E-state index < -0.39 is 0 Å². The number of rotatable bonds is 5. The molecule has 0 unspecified atom stereocenters. The highest BCUT2D eigenvalue weighted by molar-refractivity contribution is 6.29. The molecule has 0 aromatic carbocycles. The monoisotopic (exact) mass is 262 g/mol. The molecule has 1 aromatic rings. The van der Waals surface area contributed by atoms with Gasteiger partial charge in [-0.05, 0) is 18.1 Å². The van der Waals surface area contributed by atoms with Crippen LogP contribution in [0.15, 0.2) is 12.1 Å². The van der Waals surface area contributed by atoms with Gasteiger partial charge in [-0.3, -0.25) is 0 Å². The number of hydrogen-bond acceptors (Lipinski definition) is 4. The zero-order chi connectivity index (χ0) is 13.5. The van der Waals surface area contributed by atoms with Crippen molar-refractivity contribution < 1.29 is 0 Å². The Labute approximate surface area is 112 Å². The van der Waals surface area contributed by atoms with E-state index in [1.807, 2.05) is 4.90 Å². The van der Waals surface area contributed by atoms with Gasteiger partial charge in [0.2, 0.25) is 0 Å². The van der Waals surface area contributed by atoms with Gasteiger partial charge in [0.05, 0.1) is 24.1 Å². The van der Waals surface area contributed by atoms with Crippen LogP contribution < -0.4 is 4.90 Å². The van der Waals surface area contributed by atoms with Crippen molar-refractivity contribution in [1.82, 2.24) is 4.98 Å². The number of hydrogen-bond donors (Lipinski definition) is 0. The summed E-state index contributed by atoms with van der Waals surface area (Å²) in [6.45, 7) is 5.55. The summed E-state index contributed by atoms with van der Waals surface area (Å²) >= 11 is 5.89. The molecule has 0 N–H and O–H groups in total. The molecule has 1 rings (SSSR count). The molecule has 0 aliphatic rings. The number of aromatic nitrogens is 1. The standard InChI is InChI=1S/C13H15ClN4/c1-10(2)9-18(5-3-4-15)13-7-11(8-16)6-12(14)17-13/h6-7,10H,3,5,9H2,1-2H3. The lowest BCUT2D eigenvalue weighted by molar-refractivity contribution is 0.608. The second kappa shape index (κ2) is 6.83. The maximum atomic E-state index is 8.92. The first-order valence-corrected chi connectivity index (χ1v) is 6.14. The summed E-state index contributed by atoms with van der Waals surface area (Å²) in [6.07, 6.45) is 0.419. The molecule has 0 saturated carbocycles. The van der Waals surface area contributed by atoms with E-state index in [9.17, 15) is 0 Å². The molecule has 0 radical (unpaired) electrons. The SMILES string of the molecule is CC(C)CN(CCC#N)c1cc(C#N)cc(Cl)n1. The predicted octanol–water partition coefficient (Wildman–Crippen LogP) is 2.98. The van der Waals surface area contributed by atoms with Crippen molar-refractivity contribution in [2.75, 3.05) is 18.0 Å². The highest BCUT2D eigenvalue weighted by Gasteiger charge is 2.11. The summed E-state index contributed by atoms with van der Waals surface area (Å²) in [5.41, 5.74) is 0.482. The summed E-state index contributed by atoms with van der Waals surface area (Å²) in [4.78, 5) is 6.21. The van der Waals surface area contributed by atoms with Crippen molar-refractivity contribution in [2.45, 2.75) is 20.3 Å². The van der Waals surface area contributed by atoms with E-state index in [1.54, 1.807) is 6.07 Å². The second-order valence-corrected chi connectivity index (χ2v) is 4.78. The van der Waals surface area contributed by atoms with Crippen LogP contribution in [0.1, 0.15) is 25.8 Å². The smallest absolute Gasteiger partial charge is 0.132 e. The van der Waals surface area contributed by atoms with Gasteiger partial charge in [0.1, 0.15) is 11.0 Å². The molecule has 4 nitrogen and oxygen atoms in total. The van der Waals surface area contributed by atoms with Crippen LogP contribution in [0.3, 0.4) is 0 Å². The summed E-state index contributed by atoms with van der Waals surface area (Å²) in [7, 11) is 0. The van der Waals surface area contributed by atoms with Crippen LogP contribution in [-0.2, 0) is 0 Å². The molecule has 0 amide bonds. The zero-order valence-electron chi connectivity index (χ0n) is 10.5. The van der Waals surface area contributed by atoms with Crippen molar-refractivity contribution in [3.05, 3.63) is 22.8 Å². The molecule has 94 valence electrons. The molecule has 0 bridgehead atoms. The first kappa shape index (κ1) is 14.3. The van der Waals surface area contributed by atoms with E-state index in [4.69, 9.17) is 22.1 Å². The first-order valence-electron chi connectivity index (χ1n) is 5.76. The molecule has 1 heterocycles. The van der Waals surface area contributed by atoms with Crippen molar-refractivity contribution >= 4 is 17.4 Å². The average Bonchev–Trinajstić information content (AvgIpc) is 2.33. The fraction of sp³-hybridized carbons (Fsp3) is 0.462. The van der Waals surface area contributed by atoms with Gasteiger partial charge in [0.25, 0.3) is 0 Å². The topological polar surface area (TPSA) is 63.7 Å². The van der Waals surface area contributed by atoms with Crippen LogP contribution in [0, 0.1) is 28.6 Å². The average molecular weight is 263 g/mol. The Bertz CT molecular complexity index is 485. The Morgan fingerprint density at radius 1 is 1.39 bits per heavy atom. The van der Waals surface area contributed by atoms with Gasteiger partial charge in [-0.25, -0.2) is 4.98 Å². The Morgan fingerprint density at radius 2 is 2.11 bits per heavy atom. The third-order valence-electron chi connectivity index (χ3n) is 2.31. The molecule has 0 saturated heterocycles. The summed E-state index contributed by atoms with van der Waals surface area (Å²) in [6, 6.07) is 7.40. The third kappa shape index (κ3) is 4.24. The molecule has 0 aliphatic heterocycles. The van der Waals surface area contributed by atoms with Crippen LogP contribution in [-0.4, -0.2) is 18.1 Å². The minimum atomic E-state index is 0.301. The molecule has 0 spiro atoms. The zero-order valence-corrected chi connectivity index (χ0v) is 11.3. The van der Waals surface area contributed by atoms with Crippen molar-refractivity contribution in [3.8, 4) is 12.1 Å². The summed E-state index contributed by atoms with van der Waals surface area (Å²) in [5, 5.41) is 17.9. The van der Waals surface area contributed by atoms with Gasteiger partial charge in [-0.2, -0.15) is 10.5 Å². The lowest BCUT2D eigenvalue weighted by Gasteiger charge is -2.24. The fourth-order valence-corrected chi connectivity index (χ4v) is 1.84. The first-order chi connectivity index (χ1) is 8.56. The van der Waals surface area contributed by atoms with E-state index in [2.05, 4.69) is 31.0 Å². The summed E-state index contributed by atoms with van der Waals surface area (Å²) < 4.78 is 0. The maximum absolute atomic E-state index is 8.92. The lowest BCUT2D eigenvalue weighted by atomic mass is 10.2. The Hall–Kier alpha value is -1.78. The van der Waals surface area contributed by atoms with E-state index in [0.29, 0.717) is 35.4 Å². The van der Waals surface area contributed by atoms with E-state index in [1.165, 1.54) is 6.07 Å². The van der Waals surface area contributed by atoms with Gasteiger partial charge >= 0.3 is 0 Å². The van der Waals surface area contributed by atoms with Gasteiger partial charge in [-0.1, -0.05) is 25.4 Å². The highest BCUT2D eigenvalue weighted by Crippen LogP contribution is 2.19. The maximum Gasteiger partial charge on any atom is 0.132 e. The molecule has 18 heavy (non-hydrogen) atoms. The van der Waals surface area contributed by atoms with Crippen LogP contribution in [0.4, 0.5) is 5.82 Å². The number of nitrogens with zero attached hydrogens (tertiary/aromatic N) is 4. The fourth-order valence-electron chi connectivity index (χ4n) is 1.63. The van der Waals surface area contributed by atoms with Crippen molar-refractivity contribution in [2.24, 2.45) is 5.92 Å². The van der Waals surface area contributed by atoms with Gasteiger partial charge < -0.3 is 4.90 Å². The van der Waals surface area contributed by atoms with Crippen LogP contribution in [0.5, 0.6) is 0 Å². The lowest BCUT2D eigenvalue weighted by Crippen LogP contribution is -2.29. The van der Waals surface area contributed by atoms with Crippen LogP contribution >= 0.6 is 11.6 Å². The predicted molar refractivity (Wildman–Crippen MR) is 71.2 cm³/mol. The molecule has 0 aliphatic carbocycles. The molecule has 5 heteroatoms. The van der Waals surface area contributed by atoms with E-state index in [0.717, 1.165) is 6.54 Å². The molecule has 1 aromatic heterocycles. The molecular formula is C13H15ClN4. The molecule has 0 fully saturated rings. The van der Waals surface area contributed by atoms with Gasteiger partial charge in [0.15, 0.2) is 0 Å². The Morgan fingerprint density at radius 3 is 2.67 bits per heavy atom. The van der Waals surface area contributed by atoms with Gasteiger partial charge in [0, 0.05) is 13.1 Å². The van der Waals surface area contributed by atoms with E-state index >= 15 is 0 Å². The third-order valence-corrected chi connectivity index (χ3v) is 2.51. The minimum Gasteiger partial charge on any atom is -0.355 e. The van der Waals surface area contributed by atoms with Crippen molar-refractivity contribution in [3.63, 3.8) is 0 Å². The second-order valence-electron chi connectivity index (χ2n) is 4.40. The van der Waals surface area contributed by atoms with Crippen LogP contribution in [0.25, 0.3) is 0 Å². The Balaban J connectivity index is 3.00. The van der Waals surface area contributed by atoms with Crippen molar-refractivity contribution in [1.29, 1.82) is 10.5 Å². The van der Waals surface area contributed by atoms with Gasteiger partial charge in [-0.15, -0.1) is 0 Å². The minimum absolute atomic E-state index is 0.301. The number of halogens is 1. The normalized spacial score (nSPS) is 9.89. The van der Waals surface area contributed by atoms with Crippen LogP contribution in [0.2, 0.25) is 5.15 Å². The number of anilines is 1. The molecule has 0 atom stereocenters. The quantitative estimate of drug-likeness (QED) is 0.765. The number of nitriles is 2. The molecular weight excluding hydrogens is 248 g/mol. The Kier molecular flexibility index (Phi) is 5.42. The van der Waals surface area contributed by atoms with E-state index in [-0.39, 0.29) is 0 Å².